The van der Waals surface area contributed by atoms with Gasteiger partial charge in [-0.25, -0.2) is 14.4 Å². The third-order valence-electron chi connectivity index (χ3n) is 7.59. The molecule has 214 valence electrons. The van der Waals surface area contributed by atoms with E-state index in [0.29, 0.717) is 46.4 Å². The van der Waals surface area contributed by atoms with Crippen LogP contribution in [0.15, 0.2) is 77.6 Å². The van der Waals surface area contributed by atoms with Gasteiger partial charge in [-0.15, -0.1) is 0 Å². The maximum atomic E-state index is 15.0. The number of rotatable bonds is 10. The highest BCUT2D eigenvalue weighted by molar-refractivity contribution is 7.21. The summed E-state index contributed by atoms with van der Waals surface area (Å²) in [6.07, 6.45) is 1.85. The van der Waals surface area contributed by atoms with Crippen LogP contribution >= 0.6 is 11.3 Å². The third-order valence-corrected chi connectivity index (χ3v) is 8.57. The number of ketones is 1. The Balaban J connectivity index is 1.37. The van der Waals surface area contributed by atoms with Crippen LogP contribution in [0.25, 0.3) is 21.7 Å². The summed E-state index contributed by atoms with van der Waals surface area (Å²) in [5, 5.41) is 0.568. The van der Waals surface area contributed by atoms with Crippen LogP contribution < -0.4 is 19.9 Å². The Morgan fingerprint density at radius 3 is 2.52 bits per heavy atom. The minimum absolute atomic E-state index is 0.0791. The standard InChI is InChI=1S/C32H29FN4O4S/c1-40-22-14-13-21(27(18-22)41-2)19-37-29(23-10-6-7-11-24(23)33)35-30-28(31(37)39)34-32(42-30)36-17-16-25(36)26(38)15-12-20-8-4-3-5-9-20/h3-11,13-14,18,25H,12,15-17,19H2,1-2H3/t25-/m1/s1. The van der Waals surface area contributed by atoms with Crippen molar-refractivity contribution in [1.82, 2.24) is 14.5 Å². The lowest BCUT2D eigenvalue weighted by Gasteiger charge is -2.39. The first-order chi connectivity index (χ1) is 20.5. The predicted molar refractivity (Wildman–Crippen MR) is 161 cm³/mol. The van der Waals surface area contributed by atoms with Gasteiger partial charge in [0, 0.05) is 24.6 Å². The van der Waals surface area contributed by atoms with Crippen molar-refractivity contribution in [2.45, 2.75) is 31.8 Å². The summed E-state index contributed by atoms with van der Waals surface area (Å²) in [5.74, 6) is 0.983. The molecule has 0 bridgehead atoms. The molecule has 1 atom stereocenters. The fourth-order valence-electron chi connectivity index (χ4n) is 5.20. The van der Waals surface area contributed by atoms with Gasteiger partial charge in [-0.3, -0.25) is 14.2 Å². The molecular weight excluding hydrogens is 555 g/mol. The fraction of sp³-hybridized carbons (Fsp3) is 0.250. The van der Waals surface area contributed by atoms with Crippen LogP contribution in [0, 0.1) is 5.82 Å². The number of methoxy groups -OCH3 is 2. The van der Waals surface area contributed by atoms with Gasteiger partial charge in [0.2, 0.25) is 0 Å². The maximum absolute atomic E-state index is 15.0. The number of fused-ring (bicyclic) bond motifs is 1. The summed E-state index contributed by atoms with van der Waals surface area (Å²) in [6.45, 7) is 0.745. The van der Waals surface area contributed by atoms with E-state index >= 15 is 4.39 Å². The molecule has 42 heavy (non-hydrogen) atoms. The van der Waals surface area contributed by atoms with Gasteiger partial charge in [0.15, 0.2) is 21.3 Å². The van der Waals surface area contributed by atoms with Gasteiger partial charge < -0.3 is 14.4 Å². The van der Waals surface area contributed by atoms with Crippen LogP contribution in [0.2, 0.25) is 0 Å². The third kappa shape index (κ3) is 5.25. The van der Waals surface area contributed by atoms with Gasteiger partial charge in [0.1, 0.15) is 23.1 Å². The first-order valence-electron chi connectivity index (χ1n) is 13.7. The molecule has 1 aliphatic heterocycles. The highest BCUT2D eigenvalue weighted by atomic mass is 32.1. The number of nitrogens with zero attached hydrogens (tertiary/aromatic N) is 4. The van der Waals surface area contributed by atoms with E-state index in [-0.39, 0.29) is 35.3 Å². The normalized spacial score (nSPS) is 14.5. The van der Waals surface area contributed by atoms with Crippen molar-refractivity contribution in [3.8, 4) is 22.9 Å². The molecule has 5 aromatic rings. The summed E-state index contributed by atoms with van der Waals surface area (Å²) >= 11 is 1.25. The molecule has 3 aromatic carbocycles. The quantitative estimate of drug-likeness (QED) is 0.214. The second-order valence-electron chi connectivity index (χ2n) is 10.1. The van der Waals surface area contributed by atoms with Crippen molar-refractivity contribution >= 4 is 32.6 Å². The highest BCUT2D eigenvalue weighted by Gasteiger charge is 2.36. The van der Waals surface area contributed by atoms with Gasteiger partial charge >= 0.3 is 0 Å². The molecule has 0 saturated carbocycles. The number of halogens is 1. The van der Waals surface area contributed by atoms with E-state index in [1.54, 1.807) is 43.5 Å². The van der Waals surface area contributed by atoms with Crippen molar-refractivity contribution in [3.63, 3.8) is 0 Å². The molecule has 2 aromatic heterocycles. The number of thiazole rings is 1. The molecule has 0 spiro atoms. The van der Waals surface area contributed by atoms with Crippen LogP contribution in [-0.2, 0) is 17.8 Å². The van der Waals surface area contributed by atoms with Crippen LogP contribution in [0.5, 0.6) is 11.5 Å². The Bertz CT molecular complexity index is 1820. The molecule has 0 radical (unpaired) electrons. The summed E-state index contributed by atoms with van der Waals surface area (Å²) in [7, 11) is 3.10. The van der Waals surface area contributed by atoms with E-state index in [0.717, 1.165) is 12.0 Å². The zero-order valence-corrected chi connectivity index (χ0v) is 24.1. The van der Waals surface area contributed by atoms with Crippen LogP contribution in [0.3, 0.4) is 0 Å². The smallest absolute Gasteiger partial charge is 0.281 e. The SMILES string of the molecule is COc1ccc(Cn2c(-c3ccccc3F)nc3sc(N4CC[C@@H]4C(=O)CCc4ccccc4)nc3c2=O)c(OC)c1. The molecule has 10 heteroatoms. The number of Topliss-reactive ketones (excluding diaryl/α,β-unsaturated/α-hetero) is 1. The number of aromatic nitrogens is 3. The Hall–Kier alpha value is -4.57. The van der Waals surface area contributed by atoms with Gasteiger partial charge in [-0.2, -0.15) is 0 Å². The molecule has 0 aliphatic carbocycles. The Kier molecular flexibility index (Phi) is 7.71. The van der Waals surface area contributed by atoms with E-state index in [1.807, 2.05) is 35.2 Å². The van der Waals surface area contributed by atoms with Crippen molar-refractivity contribution in [2.75, 3.05) is 25.7 Å². The minimum atomic E-state index is -0.490. The van der Waals surface area contributed by atoms with E-state index in [9.17, 15) is 9.59 Å². The van der Waals surface area contributed by atoms with E-state index < -0.39 is 11.4 Å². The lowest BCUT2D eigenvalue weighted by molar-refractivity contribution is -0.121. The molecule has 0 amide bonds. The molecule has 1 fully saturated rings. The summed E-state index contributed by atoms with van der Waals surface area (Å²) in [6, 6.07) is 21.2. The van der Waals surface area contributed by atoms with Crippen LogP contribution in [-0.4, -0.2) is 47.1 Å². The minimum Gasteiger partial charge on any atom is -0.497 e. The van der Waals surface area contributed by atoms with Crippen LogP contribution in [0.4, 0.5) is 9.52 Å². The number of hydrogen-bond donors (Lipinski definition) is 0. The number of carbonyl (C=O) groups is 1. The lowest BCUT2D eigenvalue weighted by Crippen LogP contribution is -2.52. The molecule has 8 nitrogen and oxygen atoms in total. The van der Waals surface area contributed by atoms with Gasteiger partial charge in [-0.1, -0.05) is 53.8 Å². The topological polar surface area (TPSA) is 86.5 Å². The van der Waals surface area contributed by atoms with Crippen molar-refractivity contribution in [2.24, 2.45) is 0 Å². The largest absolute Gasteiger partial charge is 0.497 e. The fourth-order valence-corrected chi connectivity index (χ4v) is 6.20. The van der Waals surface area contributed by atoms with Crippen molar-refractivity contribution in [3.05, 3.63) is 100 Å². The number of carbonyl (C=O) groups excluding carboxylic acids is 1. The summed E-state index contributed by atoms with van der Waals surface area (Å²) in [5.41, 5.74) is 1.81. The first kappa shape index (κ1) is 27.6. The average molecular weight is 585 g/mol. The molecule has 1 aliphatic rings. The summed E-state index contributed by atoms with van der Waals surface area (Å²) < 4.78 is 27.3. The van der Waals surface area contributed by atoms with E-state index in [2.05, 4.69) is 4.98 Å². The van der Waals surface area contributed by atoms with Crippen molar-refractivity contribution < 1.29 is 18.7 Å². The molecule has 3 heterocycles. The lowest BCUT2D eigenvalue weighted by atomic mass is 9.95. The number of ether oxygens (including phenoxy) is 2. The molecule has 1 saturated heterocycles. The molecular formula is C32H29FN4O4S. The number of hydrogen-bond acceptors (Lipinski definition) is 8. The zero-order valence-electron chi connectivity index (χ0n) is 23.2. The zero-order chi connectivity index (χ0) is 29.2. The Morgan fingerprint density at radius 1 is 1.02 bits per heavy atom. The predicted octanol–water partition coefficient (Wildman–Crippen LogP) is 5.51. The number of benzene rings is 3. The molecule has 6 rings (SSSR count). The number of aryl methyl sites for hydroxylation is 1. The molecule has 0 N–H and O–H groups in total. The van der Waals surface area contributed by atoms with E-state index in [4.69, 9.17) is 14.5 Å². The summed E-state index contributed by atoms with van der Waals surface area (Å²) in [4.78, 5) is 38.8. The average Bonchev–Trinajstić information content (AvgIpc) is 3.41. The van der Waals surface area contributed by atoms with Crippen molar-refractivity contribution in [1.29, 1.82) is 0 Å². The number of anilines is 1. The second-order valence-corrected chi connectivity index (χ2v) is 11.0. The second kappa shape index (κ2) is 11.7. The highest BCUT2D eigenvalue weighted by Crippen LogP contribution is 2.35. The van der Waals surface area contributed by atoms with Gasteiger partial charge in [-0.05, 0) is 42.7 Å². The first-order valence-corrected chi connectivity index (χ1v) is 14.5. The van der Waals surface area contributed by atoms with Gasteiger partial charge in [0.25, 0.3) is 5.56 Å². The van der Waals surface area contributed by atoms with E-state index in [1.165, 1.54) is 29.1 Å². The monoisotopic (exact) mass is 584 g/mol. The Morgan fingerprint density at radius 2 is 1.81 bits per heavy atom. The molecule has 0 unspecified atom stereocenters. The Labute approximate surface area is 246 Å². The maximum Gasteiger partial charge on any atom is 0.281 e. The van der Waals surface area contributed by atoms with Crippen LogP contribution in [0.1, 0.15) is 24.0 Å². The van der Waals surface area contributed by atoms with Gasteiger partial charge in [0.05, 0.1) is 32.4 Å².